The molecule has 2 aromatic rings. The summed E-state index contributed by atoms with van der Waals surface area (Å²) in [5.74, 6) is -1.000. The maximum atomic E-state index is 14.5. The van der Waals surface area contributed by atoms with Gasteiger partial charge in [0.1, 0.15) is 5.82 Å². The van der Waals surface area contributed by atoms with Crippen molar-refractivity contribution < 1.29 is 14.0 Å². The van der Waals surface area contributed by atoms with Crippen molar-refractivity contribution in [2.24, 2.45) is 0 Å². The van der Waals surface area contributed by atoms with Gasteiger partial charge >= 0.3 is 6.03 Å². The van der Waals surface area contributed by atoms with Crippen molar-refractivity contribution in [1.29, 1.82) is 0 Å². The van der Waals surface area contributed by atoms with Gasteiger partial charge < -0.3 is 15.5 Å². The lowest BCUT2D eigenvalue weighted by molar-refractivity contribution is -0.122. The number of nitrogens with zero attached hydrogens (tertiary/aromatic N) is 1. The number of amides is 3. The van der Waals surface area contributed by atoms with E-state index in [-0.39, 0.29) is 17.8 Å². The number of nitrogens with one attached hydrogen (secondary N) is 2. The third kappa shape index (κ3) is 4.02. The lowest BCUT2D eigenvalue weighted by atomic mass is 9.96. The van der Waals surface area contributed by atoms with E-state index >= 15 is 0 Å². The molecule has 1 saturated heterocycles. The van der Waals surface area contributed by atoms with Crippen LogP contribution in [0.5, 0.6) is 0 Å². The van der Waals surface area contributed by atoms with Crippen LogP contribution in [-0.4, -0.2) is 43.0 Å². The van der Waals surface area contributed by atoms with E-state index in [1.165, 1.54) is 6.07 Å². The number of urea groups is 1. The largest absolute Gasteiger partial charge is 0.354 e. The van der Waals surface area contributed by atoms with Crippen LogP contribution in [0, 0.1) is 5.82 Å². The predicted molar refractivity (Wildman–Crippen MR) is 98.2 cm³/mol. The molecule has 1 fully saturated rings. The minimum absolute atomic E-state index is 0.106. The highest BCUT2D eigenvalue weighted by atomic mass is 19.1. The van der Waals surface area contributed by atoms with Gasteiger partial charge in [-0.05, 0) is 24.1 Å². The van der Waals surface area contributed by atoms with Crippen LogP contribution in [0.2, 0.25) is 0 Å². The minimum atomic E-state index is -0.471. The zero-order chi connectivity index (χ0) is 18.5. The monoisotopic (exact) mass is 355 g/mol. The second kappa shape index (κ2) is 7.99. The minimum Gasteiger partial charge on any atom is -0.354 e. The molecule has 136 valence electrons. The van der Waals surface area contributed by atoms with Gasteiger partial charge in [-0.15, -0.1) is 0 Å². The van der Waals surface area contributed by atoms with E-state index in [1.54, 1.807) is 24.0 Å². The predicted octanol–water partition coefficient (Wildman–Crippen LogP) is 2.74. The molecule has 0 bridgehead atoms. The molecule has 1 heterocycles. The Morgan fingerprint density at radius 3 is 2.69 bits per heavy atom. The van der Waals surface area contributed by atoms with E-state index in [1.807, 2.05) is 30.3 Å². The Kier molecular flexibility index (Phi) is 5.51. The molecule has 1 aliphatic rings. The van der Waals surface area contributed by atoms with E-state index in [9.17, 15) is 14.0 Å². The quantitative estimate of drug-likeness (QED) is 0.837. The second-order valence-corrected chi connectivity index (χ2v) is 6.34. The molecule has 2 aromatic carbocycles. The first kappa shape index (κ1) is 17.9. The molecule has 2 N–H and O–H groups in total. The summed E-state index contributed by atoms with van der Waals surface area (Å²) in [6.45, 7) is 3.87. The number of halogens is 1. The molecule has 0 aromatic heterocycles. The van der Waals surface area contributed by atoms with Crippen molar-refractivity contribution in [2.45, 2.75) is 12.8 Å². The van der Waals surface area contributed by atoms with Crippen LogP contribution < -0.4 is 10.6 Å². The highest BCUT2D eigenvalue weighted by molar-refractivity contribution is 5.83. The first-order chi connectivity index (χ1) is 12.6. The molecule has 26 heavy (non-hydrogen) atoms. The Hall–Kier alpha value is -2.89. The van der Waals surface area contributed by atoms with Gasteiger partial charge in [-0.3, -0.25) is 4.79 Å². The van der Waals surface area contributed by atoms with Crippen molar-refractivity contribution in [3.63, 3.8) is 0 Å². The molecule has 6 heteroatoms. The molecular formula is C20H22FN3O2. The van der Waals surface area contributed by atoms with Gasteiger partial charge in [0.05, 0.1) is 5.92 Å². The normalized spacial score (nSPS) is 14.8. The molecule has 0 spiro atoms. The number of carbonyl (C=O) groups excluding carboxylic acids is 2. The van der Waals surface area contributed by atoms with Gasteiger partial charge in [0.25, 0.3) is 0 Å². The Morgan fingerprint density at radius 2 is 2.04 bits per heavy atom. The average molecular weight is 355 g/mol. The van der Waals surface area contributed by atoms with E-state index in [0.717, 1.165) is 5.56 Å². The molecule has 1 aliphatic heterocycles. The fourth-order valence-corrected chi connectivity index (χ4v) is 3.00. The van der Waals surface area contributed by atoms with Crippen molar-refractivity contribution in [3.8, 4) is 11.1 Å². The Morgan fingerprint density at radius 1 is 1.27 bits per heavy atom. The van der Waals surface area contributed by atoms with Crippen LogP contribution in [0.4, 0.5) is 9.18 Å². The second-order valence-electron chi connectivity index (χ2n) is 6.34. The highest BCUT2D eigenvalue weighted by Crippen LogP contribution is 2.26. The fourth-order valence-electron chi connectivity index (χ4n) is 3.00. The Bertz CT molecular complexity index is 795. The van der Waals surface area contributed by atoms with Crippen molar-refractivity contribution in [2.75, 3.05) is 26.2 Å². The number of benzene rings is 2. The fraction of sp³-hybridized carbons (Fsp3) is 0.300. The SMILES string of the molecule is CC(C(=O)NCCN1CCNC1=O)c1ccc(-c2ccccc2)c(F)c1. The summed E-state index contributed by atoms with van der Waals surface area (Å²) in [6, 6.07) is 14.1. The lowest BCUT2D eigenvalue weighted by Gasteiger charge is -2.17. The van der Waals surface area contributed by atoms with E-state index in [0.29, 0.717) is 37.3 Å². The average Bonchev–Trinajstić information content (AvgIpc) is 3.06. The lowest BCUT2D eigenvalue weighted by Crippen LogP contribution is -2.38. The maximum Gasteiger partial charge on any atom is 0.317 e. The third-order valence-corrected chi connectivity index (χ3v) is 4.60. The van der Waals surface area contributed by atoms with Crippen molar-refractivity contribution in [1.82, 2.24) is 15.5 Å². The molecular weight excluding hydrogens is 333 g/mol. The van der Waals surface area contributed by atoms with Crippen LogP contribution in [0.15, 0.2) is 48.5 Å². The molecule has 1 unspecified atom stereocenters. The topological polar surface area (TPSA) is 61.4 Å². The summed E-state index contributed by atoms with van der Waals surface area (Å²) in [5, 5.41) is 5.52. The Balaban J connectivity index is 1.60. The molecule has 0 radical (unpaired) electrons. The summed E-state index contributed by atoms with van der Waals surface area (Å²) < 4.78 is 14.5. The first-order valence-electron chi connectivity index (χ1n) is 8.71. The van der Waals surface area contributed by atoms with Gasteiger partial charge in [0.2, 0.25) is 5.91 Å². The molecule has 1 atom stereocenters. The summed E-state index contributed by atoms with van der Waals surface area (Å²) in [7, 11) is 0. The van der Waals surface area contributed by atoms with Gasteiger partial charge in [-0.2, -0.15) is 0 Å². The zero-order valence-corrected chi connectivity index (χ0v) is 14.7. The molecule has 0 saturated carbocycles. The number of carbonyl (C=O) groups is 2. The molecule has 3 amide bonds. The van der Waals surface area contributed by atoms with E-state index in [4.69, 9.17) is 0 Å². The van der Waals surface area contributed by atoms with Crippen LogP contribution in [0.3, 0.4) is 0 Å². The zero-order valence-electron chi connectivity index (χ0n) is 14.7. The van der Waals surface area contributed by atoms with Crippen LogP contribution >= 0.6 is 0 Å². The number of hydrogen-bond donors (Lipinski definition) is 2. The molecule has 5 nitrogen and oxygen atoms in total. The van der Waals surface area contributed by atoms with Gasteiger partial charge in [0, 0.05) is 31.7 Å². The smallest absolute Gasteiger partial charge is 0.317 e. The number of hydrogen-bond acceptors (Lipinski definition) is 2. The Labute approximate surface area is 152 Å². The molecule has 0 aliphatic carbocycles. The summed E-state index contributed by atoms with van der Waals surface area (Å²) in [4.78, 5) is 25.4. The van der Waals surface area contributed by atoms with E-state index in [2.05, 4.69) is 10.6 Å². The van der Waals surface area contributed by atoms with Crippen molar-refractivity contribution in [3.05, 3.63) is 59.9 Å². The summed E-state index contributed by atoms with van der Waals surface area (Å²) in [6.07, 6.45) is 0. The van der Waals surface area contributed by atoms with Gasteiger partial charge in [-0.25, -0.2) is 9.18 Å². The highest BCUT2D eigenvalue weighted by Gasteiger charge is 2.20. The van der Waals surface area contributed by atoms with Crippen molar-refractivity contribution >= 4 is 11.9 Å². The molecule has 3 rings (SSSR count). The first-order valence-corrected chi connectivity index (χ1v) is 8.71. The summed E-state index contributed by atoms with van der Waals surface area (Å²) >= 11 is 0. The van der Waals surface area contributed by atoms with Crippen LogP contribution in [0.1, 0.15) is 18.4 Å². The standard InChI is InChI=1S/C20H22FN3O2/c1-14(19(25)22-9-11-24-12-10-23-20(24)26)16-7-8-17(18(21)13-16)15-5-3-2-4-6-15/h2-8,13-14H,9-12H2,1H3,(H,22,25)(H,23,26). The summed E-state index contributed by atoms with van der Waals surface area (Å²) in [5.41, 5.74) is 1.94. The van der Waals surface area contributed by atoms with Gasteiger partial charge in [-0.1, -0.05) is 42.5 Å². The van der Waals surface area contributed by atoms with Gasteiger partial charge in [0.15, 0.2) is 0 Å². The van der Waals surface area contributed by atoms with Crippen LogP contribution in [-0.2, 0) is 4.79 Å². The number of rotatable bonds is 6. The van der Waals surface area contributed by atoms with E-state index < -0.39 is 5.92 Å². The third-order valence-electron chi connectivity index (χ3n) is 4.60. The maximum absolute atomic E-state index is 14.5. The van der Waals surface area contributed by atoms with Crippen LogP contribution in [0.25, 0.3) is 11.1 Å².